The first-order chi connectivity index (χ1) is 8.10. The summed E-state index contributed by atoms with van der Waals surface area (Å²) in [6.45, 7) is 2.71. The molecule has 2 aliphatic rings. The van der Waals surface area contributed by atoms with Gasteiger partial charge in [0, 0.05) is 31.0 Å². The normalized spacial score (nSPS) is 30.1. The van der Waals surface area contributed by atoms with Gasteiger partial charge in [0.1, 0.15) is 0 Å². The molecule has 0 aliphatic carbocycles. The fraction of sp³-hybridized carbons (Fsp3) is 1.00. The molecule has 0 saturated carbocycles. The number of nitrogens with zero attached hydrogens (tertiary/aromatic N) is 2. The summed E-state index contributed by atoms with van der Waals surface area (Å²) < 4.78 is 28.3. The Balaban J connectivity index is 2.05. The molecule has 0 aromatic rings. The average Bonchev–Trinajstić information content (AvgIpc) is 2.58. The third-order valence-electron chi connectivity index (χ3n) is 3.54. The maximum Gasteiger partial charge on any atom is 0.282 e. The number of hydrogen-bond donors (Lipinski definition) is 0. The topological polar surface area (TPSA) is 40.6 Å². The third-order valence-corrected chi connectivity index (χ3v) is 6.29. The van der Waals surface area contributed by atoms with Crippen molar-refractivity contribution in [1.82, 2.24) is 8.61 Å². The van der Waals surface area contributed by atoms with Gasteiger partial charge in [-0.15, -0.1) is 0 Å². The largest absolute Gasteiger partial charge is 0.282 e. The zero-order chi connectivity index (χ0) is 12.3. The Morgan fingerprint density at radius 1 is 0.882 bits per heavy atom. The van der Waals surface area contributed by atoms with E-state index in [0.717, 1.165) is 38.5 Å². The standard InChI is InChI=1S/C11H21BrN2O2S/c12-11-6-5-9-14(10-11)17(15,16)13-7-3-1-2-4-8-13/h11H,1-10H2. The second kappa shape index (κ2) is 5.99. The van der Waals surface area contributed by atoms with Crippen LogP contribution in [0.4, 0.5) is 0 Å². The minimum atomic E-state index is -3.20. The van der Waals surface area contributed by atoms with Crippen LogP contribution in [0.1, 0.15) is 38.5 Å². The summed E-state index contributed by atoms with van der Waals surface area (Å²) in [5.41, 5.74) is 0. The molecule has 2 aliphatic heterocycles. The molecule has 2 rings (SSSR count). The van der Waals surface area contributed by atoms with Crippen molar-refractivity contribution < 1.29 is 8.42 Å². The highest BCUT2D eigenvalue weighted by molar-refractivity contribution is 9.09. The molecule has 2 fully saturated rings. The molecular weight excluding hydrogens is 304 g/mol. The van der Waals surface area contributed by atoms with Gasteiger partial charge in [0.2, 0.25) is 0 Å². The summed E-state index contributed by atoms with van der Waals surface area (Å²) in [6, 6.07) is 0. The fourth-order valence-corrected chi connectivity index (χ4v) is 5.18. The second-order valence-corrected chi connectivity index (χ2v) is 8.14. The van der Waals surface area contributed by atoms with E-state index in [-0.39, 0.29) is 0 Å². The SMILES string of the molecule is O=S(=O)(N1CCCCCC1)N1CCCC(Br)C1. The molecule has 4 nitrogen and oxygen atoms in total. The molecule has 1 unspecified atom stereocenters. The summed E-state index contributed by atoms with van der Waals surface area (Å²) in [5, 5.41) is 0. The summed E-state index contributed by atoms with van der Waals surface area (Å²) in [5.74, 6) is 0. The smallest absolute Gasteiger partial charge is 0.195 e. The second-order valence-electron chi connectivity index (χ2n) is 4.92. The van der Waals surface area contributed by atoms with E-state index in [1.54, 1.807) is 8.61 Å². The zero-order valence-electron chi connectivity index (χ0n) is 10.1. The molecule has 1 atom stereocenters. The summed E-state index contributed by atoms with van der Waals surface area (Å²) in [7, 11) is -3.20. The number of alkyl halides is 1. The van der Waals surface area contributed by atoms with E-state index < -0.39 is 10.2 Å². The van der Waals surface area contributed by atoms with Crippen LogP contribution in [0.5, 0.6) is 0 Å². The average molecular weight is 325 g/mol. The van der Waals surface area contributed by atoms with Gasteiger partial charge < -0.3 is 0 Å². The minimum Gasteiger partial charge on any atom is -0.195 e. The highest BCUT2D eigenvalue weighted by atomic mass is 79.9. The summed E-state index contributed by atoms with van der Waals surface area (Å²) >= 11 is 3.54. The Bertz CT molecular complexity index is 331. The molecule has 2 heterocycles. The van der Waals surface area contributed by atoms with Crippen LogP contribution in [-0.2, 0) is 10.2 Å². The van der Waals surface area contributed by atoms with Gasteiger partial charge in [0.25, 0.3) is 10.2 Å². The van der Waals surface area contributed by atoms with Gasteiger partial charge in [0.05, 0.1) is 0 Å². The monoisotopic (exact) mass is 324 g/mol. The van der Waals surface area contributed by atoms with Crippen LogP contribution in [0, 0.1) is 0 Å². The Morgan fingerprint density at radius 2 is 1.47 bits per heavy atom. The Labute approximate surface area is 113 Å². The molecule has 0 amide bonds. The van der Waals surface area contributed by atoms with Gasteiger partial charge in [-0.3, -0.25) is 0 Å². The first kappa shape index (κ1) is 13.8. The van der Waals surface area contributed by atoms with Crippen LogP contribution >= 0.6 is 15.9 Å². The van der Waals surface area contributed by atoms with E-state index in [4.69, 9.17) is 0 Å². The summed E-state index contributed by atoms with van der Waals surface area (Å²) in [4.78, 5) is 0.318. The molecule has 0 aromatic heterocycles. The first-order valence-electron chi connectivity index (χ1n) is 6.50. The fourth-order valence-electron chi connectivity index (χ4n) is 2.54. The predicted molar refractivity (Wildman–Crippen MR) is 72.5 cm³/mol. The molecular formula is C11H21BrN2O2S. The molecule has 6 heteroatoms. The van der Waals surface area contributed by atoms with Crippen molar-refractivity contribution in [2.45, 2.75) is 43.4 Å². The molecule has 0 N–H and O–H groups in total. The Kier molecular flexibility index (Phi) is 4.86. The van der Waals surface area contributed by atoms with Crippen molar-refractivity contribution in [3.05, 3.63) is 0 Å². The molecule has 100 valence electrons. The molecule has 0 bridgehead atoms. The van der Waals surface area contributed by atoms with Gasteiger partial charge in [-0.05, 0) is 25.7 Å². The van der Waals surface area contributed by atoms with E-state index in [9.17, 15) is 8.42 Å². The van der Waals surface area contributed by atoms with Crippen molar-refractivity contribution >= 4 is 26.1 Å². The number of rotatable bonds is 2. The molecule has 0 spiro atoms. The van der Waals surface area contributed by atoms with Crippen molar-refractivity contribution in [2.24, 2.45) is 0 Å². The predicted octanol–water partition coefficient (Wildman–Crippen LogP) is 1.97. The minimum absolute atomic E-state index is 0.318. The van der Waals surface area contributed by atoms with Gasteiger partial charge >= 0.3 is 0 Å². The van der Waals surface area contributed by atoms with Gasteiger partial charge in [0.15, 0.2) is 0 Å². The lowest BCUT2D eigenvalue weighted by molar-refractivity contribution is 0.310. The van der Waals surface area contributed by atoms with Crippen LogP contribution < -0.4 is 0 Å². The van der Waals surface area contributed by atoms with Crippen LogP contribution in [-0.4, -0.2) is 48.0 Å². The van der Waals surface area contributed by atoms with Crippen molar-refractivity contribution in [2.75, 3.05) is 26.2 Å². The molecule has 2 saturated heterocycles. The van der Waals surface area contributed by atoms with Crippen LogP contribution in [0.3, 0.4) is 0 Å². The van der Waals surface area contributed by atoms with E-state index in [1.165, 1.54) is 0 Å². The van der Waals surface area contributed by atoms with E-state index in [0.29, 0.717) is 31.0 Å². The first-order valence-corrected chi connectivity index (χ1v) is 8.81. The zero-order valence-corrected chi connectivity index (χ0v) is 12.5. The number of halogens is 1. The lowest BCUT2D eigenvalue weighted by atomic mass is 10.2. The van der Waals surface area contributed by atoms with Crippen LogP contribution in [0.15, 0.2) is 0 Å². The third kappa shape index (κ3) is 3.43. The van der Waals surface area contributed by atoms with Crippen molar-refractivity contribution in [1.29, 1.82) is 0 Å². The maximum absolute atomic E-state index is 12.5. The van der Waals surface area contributed by atoms with Crippen LogP contribution in [0.2, 0.25) is 0 Å². The molecule has 17 heavy (non-hydrogen) atoms. The molecule has 0 aromatic carbocycles. The lowest BCUT2D eigenvalue weighted by Crippen LogP contribution is -2.48. The van der Waals surface area contributed by atoms with Crippen molar-refractivity contribution in [3.63, 3.8) is 0 Å². The highest BCUT2D eigenvalue weighted by Crippen LogP contribution is 2.23. The van der Waals surface area contributed by atoms with E-state index in [1.807, 2.05) is 0 Å². The lowest BCUT2D eigenvalue weighted by Gasteiger charge is -2.33. The Morgan fingerprint density at radius 3 is 2.06 bits per heavy atom. The van der Waals surface area contributed by atoms with Crippen molar-refractivity contribution in [3.8, 4) is 0 Å². The van der Waals surface area contributed by atoms with E-state index in [2.05, 4.69) is 15.9 Å². The van der Waals surface area contributed by atoms with Gasteiger partial charge in [-0.25, -0.2) is 0 Å². The van der Waals surface area contributed by atoms with Gasteiger partial charge in [-0.1, -0.05) is 28.8 Å². The Hall–Kier alpha value is 0.350. The molecule has 0 radical (unpaired) electrons. The van der Waals surface area contributed by atoms with Gasteiger partial charge in [-0.2, -0.15) is 17.0 Å². The van der Waals surface area contributed by atoms with Crippen LogP contribution in [0.25, 0.3) is 0 Å². The summed E-state index contributed by atoms with van der Waals surface area (Å²) in [6.07, 6.45) is 6.37. The quantitative estimate of drug-likeness (QED) is 0.728. The number of piperidine rings is 1. The highest BCUT2D eigenvalue weighted by Gasteiger charge is 2.32. The number of hydrogen-bond acceptors (Lipinski definition) is 2. The maximum atomic E-state index is 12.5. The van der Waals surface area contributed by atoms with E-state index >= 15 is 0 Å².